The number of nitrogens with zero attached hydrogens (tertiary/aromatic N) is 3. The van der Waals surface area contributed by atoms with Crippen molar-refractivity contribution in [3.8, 4) is 11.3 Å². The van der Waals surface area contributed by atoms with Crippen LogP contribution in [0.15, 0.2) is 30.3 Å². The molecule has 0 saturated carbocycles. The fraction of sp³-hybridized carbons (Fsp3) is 0.455. The summed E-state index contributed by atoms with van der Waals surface area (Å²) < 4.78 is 0. The van der Waals surface area contributed by atoms with Gasteiger partial charge >= 0.3 is 0 Å². The van der Waals surface area contributed by atoms with Crippen LogP contribution in [-0.2, 0) is 0 Å². The lowest BCUT2D eigenvalue weighted by atomic mass is 9.79. The average Bonchev–Trinajstić information content (AvgIpc) is 2.99. The van der Waals surface area contributed by atoms with Crippen LogP contribution < -0.4 is 5.32 Å². The molecule has 3 saturated heterocycles. The Morgan fingerprint density at radius 2 is 1.89 bits per heavy atom. The summed E-state index contributed by atoms with van der Waals surface area (Å²) in [5, 5.41) is 13.9. The maximum absolute atomic E-state index is 4.51. The van der Waals surface area contributed by atoms with E-state index in [9.17, 15) is 0 Å². The number of rotatable bonds is 3. The molecule has 1 aromatic carbocycles. The summed E-state index contributed by atoms with van der Waals surface area (Å²) >= 11 is 0. The maximum Gasteiger partial charge on any atom is 0.148 e. The Hall–Kier alpha value is -2.40. The molecule has 0 spiro atoms. The Labute approximate surface area is 160 Å². The molecular formula is C22H27N5. The quantitative estimate of drug-likeness (QED) is 0.736. The van der Waals surface area contributed by atoms with Gasteiger partial charge in [-0.3, -0.25) is 4.90 Å². The normalized spacial score (nSPS) is 27.2. The van der Waals surface area contributed by atoms with E-state index in [0.29, 0.717) is 12.1 Å². The number of fused-ring (bicyclic) bond motifs is 4. The largest absolute Gasteiger partial charge is 0.364 e. The van der Waals surface area contributed by atoms with Crippen molar-refractivity contribution in [2.24, 2.45) is 5.92 Å². The molecule has 140 valence electrons. The van der Waals surface area contributed by atoms with E-state index in [1.54, 1.807) is 0 Å². The van der Waals surface area contributed by atoms with Crippen LogP contribution in [0, 0.1) is 19.8 Å². The Balaban J connectivity index is 1.38. The Morgan fingerprint density at radius 3 is 2.59 bits per heavy atom. The van der Waals surface area contributed by atoms with E-state index < -0.39 is 0 Å². The summed E-state index contributed by atoms with van der Waals surface area (Å²) in [5.41, 5.74) is 5.73. The third-order valence-electron chi connectivity index (χ3n) is 6.76. The number of aromatic nitrogens is 3. The highest BCUT2D eigenvalue weighted by Crippen LogP contribution is 2.34. The predicted octanol–water partition coefficient (Wildman–Crippen LogP) is 4.14. The first-order valence-corrected chi connectivity index (χ1v) is 10.0. The van der Waals surface area contributed by atoms with Gasteiger partial charge in [0.05, 0.1) is 5.69 Å². The van der Waals surface area contributed by atoms with Gasteiger partial charge in [-0.05, 0) is 82.4 Å². The standard InChI is InChI=1S/C22H27N5/c1-13-14(2)23-20-5-4-17(12-18(13)20)19-6-7-21(26-25-19)24-22-15(3)27-10-8-16(22)9-11-27/h4-7,12,15-16,22-23H,8-11H2,1-3H3,(H,24,26)/t15-,22+/m1/s1. The zero-order valence-electron chi connectivity index (χ0n) is 16.3. The second-order valence-corrected chi connectivity index (χ2v) is 8.22. The molecule has 2 bridgehead atoms. The second-order valence-electron chi connectivity index (χ2n) is 8.22. The van der Waals surface area contributed by atoms with Gasteiger partial charge < -0.3 is 10.3 Å². The van der Waals surface area contributed by atoms with Crippen molar-refractivity contribution in [1.29, 1.82) is 0 Å². The van der Waals surface area contributed by atoms with Crippen LogP contribution in [0.4, 0.5) is 5.82 Å². The Bertz CT molecular complexity index is 964. The number of anilines is 1. The number of benzene rings is 1. The molecule has 5 nitrogen and oxygen atoms in total. The number of H-pyrrole nitrogens is 1. The van der Waals surface area contributed by atoms with Crippen molar-refractivity contribution >= 4 is 16.7 Å². The van der Waals surface area contributed by atoms with Gasteiger partial charge in [-0.1, -0.05) is 6.07 Å². The molecule has 5 heterocycles. The highest BCUT2D eigenvalue weighted by Gasteiger charge is 2.39. The SMILES string of the molecule is Cc1[nH]c2ccc(-c3ccc(N[C@@H]4C5CCN(CC5)[C@@H]4C)nn3)cc2c1C. The van der Waals surface area contributed by atoms with Gasteiger partial charge in [0.1, 0.15) is 5.82 Å². The van der Waals surface area contributed by atoms with Gasteiger partial charge in [0.2, 0.25) is 0 Å². The minimum atomic E-state index is 0.481. The summed E-state index contributed by atoms with van der Waals surface area (Å²) in [5.74, 6) is 1.65. The Kier molecular flexibility index (Phi) is 3.93. The van der Waals surface area contributed by atoms with Gasteiger partial charge in [-0.2, -0.15) is 0 Å². The molecule has 0 unspecified atom stereocenters. The van der Waals surface area contributed by atoms with Crippen molar-refractivity contribution in [1.82, 2.24) is 20.1 Å². The van der Waals surface area contributed by atoms with Crippen LogP contribution in [0.1, 0.15) is 31.0 Å². The van der Waals surface area contributed by atoms with E-state index in [-0.39, 0.29) is 0 Å². The smallest absolute Gasteiger partial charge is 0.148 e. The molecule has 0 radical (unpaired) electrons. The monoisotopic (exact) mass is 361 g/mol. The first kappa shape index (κ1) is 16.8. The van der Waals surface area contributed by atoms with Gasteiger partial charge in [0, 0.05) is 34.2 Å². The fourth-order valence-electron chi connectivity index (χ4n) is 4.90. The topological polar surface area (TPSA) is 56.8 Å². The minimum Gasteiger partial charge on any atom is -0.364 e. The predicted molar refractivity (Wildman–Crippen MR) is 110 cm³/mol. The number of piperidine rings is 3. The van der Waals surface area contributed by atoms with Crippen molar-refractivity contribution < 1.29 is 0 Å². The van der Waals surface area contributed by atoms with E-state index >= 15 is 0 Å². The first-order chi connectivity index (χ1) is 13.1. The van der Waals surface area contributed by atoms with Crippen LogP contribution in [0.2, 0.25) is 0 Å². The van der Waals surface area contributed by atoms with Crippen molar-refractivity contribution in [2.75, 3.05) is 18.4 Å². The molecule has 3 aliphatic heterocycles. The lowest BCUT2D eigenvalue weighted by Crippen LogP contribution is -2.59. The molecule has 3 aliphatic rings. The molecule has 6 rings (SSSR count). The summed E-state index contributed by atoms with van der Waals surface area (Å²) in [4.78, 5) is 6.02. The number of hydrogen-bond acceptors (Lipinski definition) is 4. The van der Waals surface area contributed by atoms with E-state index in [0.717, 1.165) is 23.0 Å². The van der Waals surface area contributed by atoms with Gasteiger partial charge in [-0.15, -0.1) is 10.2 Å². The van der Waals surface area contributed by atoms with Gasteiger partial charge in [0.25, 0.3) is 0 Å². The van der Waals surface area contributed by atoms with Crippen LogP contribution in [0.25, 0.3) is 22.2 Å². The maximum atomic E-state index is 4.51. The number of aryl methyl sites for hydroxylation is 2. The van der Waals surface area contributed by atoms with Crippen molar-refractivity contribution in [2.45, 2.75) is 45.7 Å². The molecule has 0 aliphatic carbocycles. The molecule has 2 aromatic heterocycles. The average molecular weight is 361 g/mol. The van der Waals surface area contributed by atoms with Crippen LogP contribution in [0.3, 0.4) is 0 Å². The zero-order chi connectivity index (χ0) is 18.5. The van der Waals surface area contributed by atoms with E-state index in [1.807, 2.05) is 0 Å². The molecule has 0 amide bonds. The molecule has 27 heavy (non-hydrogen) atoms. The van der Waals surface area contributed by atoms with Crippen LogP contribution in [-0.4, -0.2) is 45.3 Å². The minimum absolute atomic E-state index is 0.481. The molecular weight excluding hydrogens is 334 g/mol. The highest BCUT2D eigenvalue weighted by molar-refractivity contribution is 5.88. The third-order valence-corrected chi connectivity index (χ3v) is 6.76. The van der Waals surface area contributed by atoms with Gasteiger partial charge in [0.15, 0.2) is 0 Å². The first-order valence-electron chi connectivity index (χ1n) is 10.0. The summed E-state index contributed by atoms with van der Waals surface area (Å²) in [6.45, 7) is 9.10. The molecule has 2 N–H and O–H groups in total. The van der Waals surface area contributed by atoms with Crippen molar-refractivity contribution in [3.05, 3.63) is 41.6 Å². The number of hydrogen-bond donors (Lipinski definition) is 2. The number of aromatic amines is 1. The van der Waals surface area contributed by atoms with Crippen LogP contribution in [0.5, 0.6) is 0 Å². The van der Waals surface area contributed by atoms with E-state index in [1.165, 1.54) is 48.1 Å². The highest BCUT2D eigenvalue weighted by atomic mass is 15.2. The lowest BCUT2D eigenvalue weighted by Gasteiger charge is -2.50. The van der Waals surface area contributed by atoms with Gasteiger partial charge in [-0.25, -0.2) is 0 Å². The summed E-state index contributed by atoms with van der Waals surface area (Å²) in [6, 6.07) is 11.7. The second kappa shape index (κ2) is 6.34. The van der Waals surface area contributed by atoms with E-state index in [4.69, 9.17) is 0 Å². The third kappa shape index (κ3) is 2.81. The van der Waals surface area contributed by atoms with Crippen LogP contribution >= 0.6 is 0 Å². The lowest BCUT2D eigenvalue weighted by molar-refractivity contribution is 0.0457. The summed E-state index contributed by atoms with van der Waals surface area (Å²) in [6.07, 6.45) is 2.59. The summed E-state index contributed by atoms with van der Waals surface area (Å²) in [7, 11) is 0. The van der Waals surface area contributed by atoms with Crippen molar-refractivity contribution in [3.63, 3.8) is 0 Å². The van der Waals surface area contributed by atoms with E-state index in [2.05, 4.69) is 76.5 Å². The molecule has 5 heteroatoms. The molecule has 2 atom stereocenters. The Morgan fingerprint density at radius 1 is 1.07 bits per heavy atom. The molecule has 3 fully saturated rings. The zero-order valence-corrected chi connectivity index (χ0v) is 16.3. The molecule has 3 aromatic rings. The fourth-order valence-corrected chi connectivity index (χ4v) is 4.90. The number of nitrogens with one attached hydrogen (secondary N) is 2.